The van der Waals surface area contributed by atoms with Crippen molar-refractivity contribution in [2.75, 3.05) is 7.05 Å². The van der Waals surface area contributed by atoms with Crippen molar-refractivity contribution >= 4 is 29.4 Å². The van der Waals surface area contributed by atoms with Gasteiger partial charge in [0.1, 0.15) is 11.9 Å². The summed E-state index contributed by atoms with van der Waals surface area (Å²) in [5, 5.41) is 0.679. The number of aliphatic imine (C=N–C) groups is 1. The molecule has 3 nitrogen and oxygen atoms in total. The minimum atomic E-state index is 0.292. The van der Waals surface area contributed by atoms with Gasteiger partial charge < -0.3 is 0 Å². The Hall–Kier alpha value is -1.45. The van der Waals surface area contributed by atoms with E-state index in [4.69, 9.17) is 11.6 Å². The number of aldehydes is 1. The van der Waals surface area contributed by atoms with Crippen LogP contribution in [-0.4, -0.2) is 19.2 Å². The van der Waals surface area contributed by atoms with Gasteiger partial charge in [-0.2, -0.15) is 4.99 Å². The molecule has 4 heteroatoms. The molecule has 15 heavy (non-hydrogen) atoms. The van der Waals surface area contributed by atoms with E-state index in [1.54, 1.807) is 18.3 Å². The quantitative estimate of drug-likeness (QED) is 0.557. The third-order valence-electron chi connectivity index (χ3n) is 2.52. The van der Waals surface area contributed by atoms with Crippen LogP contribution in [0.5, 0.6) is 0 Å². The van der Waals surface area contributed by atoms with Crippen molar-refractivity contribution < 1.29 is 4.79 Å². The van der Waals surface area contributed by atoms with Crippen LogP contribution in [0.1, 0.15) is 0 Å². The summed E-state index contributed by atoms with van der Waals surface area (Å²) in [5.41, 5.74) is 0.957. The van der Waals surface area contributed by atoms with Crippen molar-refractivity contribution in [2.45, 2.75) is 0 Å². The topological polar surface area (TPSA) is 29.4 Å². The molecular weight excluding hydrogens is 212 g/mol. The molecule has 0 fully saturated rings. The largest absolute Gasteiger partial charge is 0.290 e. The van der Waals surface area contributed by atoms with Crippen LogP contribution in [0, 0.1) is 0 Å². The van der Waals surface area contributed by atoms with Crippen molar-refractivity contribution in [3.63, 3.8) is 0 Å². The zero-order chi connectivity index (χ0) is 10.9. The molecule has 1 aliphatic rings. The fourth-order valence-corrected chi connectivity index (χ4v) is 1.67. The lowest BCUT2D eigenvalue weighted by Gasteiger charge is -2.24. The van der Waals surface area contributed by atoms with Gasteiger partial charge in [0.2, 0.25) is 6.29 Å². The summed E-state index contributed by atoms with van der Waals surface area (Å²) in [6.07, 6.45) is 4.26. The molecule has 0 N–H and O–H groups in total. The molecule has 1 aromatic rings. The summed E-state index contributed by atoms with van der Waals surface area (Å²) in [7, 11) is 1.90. The lowest BCUT2D eigenvalue weighted by molar-refractivity contribution is -0.103. The first-order valence-electron chi connectivity index (χ1n) is 4.50. The van der Waals surface area contributed by atoms with Gasteiger partial charge in [-0.3, -0.25) is 4.79 Å². The molecule has 0 amide bonds. The molecule has 1 atom stereocenters. The van der Waals surface area contributed by atoms with Gasteiger partial charge in [-0.15, -0.1) is 0 Å². The highest BCUT2D eigenvalue weighted by atomic mass is 35.5. The van der Waals surface area contributed by atoms with Gasteiger partial charge in [0.15, 0.2) is 0 Å². The molecule has 0 saturated carbocycles. The second-order valence-corrected chi connectivity index (χ2v) is 3.89. The Kier molecular flexibility index (Phi) is 2.42. The smallest absolute Gasteiger partial charge is 0.278 e. The molecule has 0 radical (unpaired) electrons. The monoisotopic (exact) mass is 221 g/mol. The van der Waals surface area contributed by atoms with Crippen LogP contribution < -0.4 is 4.48 Å². The van der Waals surface area contributed by atoms with E-state index in [1.165, 1.54) is 0 Å². The lowest BCUT2D eigenvalue weighted by atomic mass is 10.2. The minimum absolute atomic E-state index is 0.292. The average Bonchev–Trinajstić information content (AvgIpc) is 2.61. The van der Waals surface area contributed by atoms with Crippen molar-refractivity contribution in [3.8, 4) is 0 Å². The molecule has 1 aromatic carbocycles. The van der Waals surface area contributed by atoms with E-state index >= 15 is 0 Å². The molecule has 2 rings (SSSR count). The normalized spacial score (nSPS) is 24.0. The second kappa shape index (κ2) is 3.61. The number of hydrogen-bond acceptors (Lipinski definition) is 2. The highest BCUT2D eigenvalue weighted by Crippen LogP contribution is 2.26. The molecule has 0 aromatic heterocycles. The number of rotatable bonds is 2. The van der Waals surface area contributed by atoms with E-state index < -0.39 is 0 Å². The second-order valence-electron chi connectivity index (χ2n) is 3.46. The van der Waals surface area contributed by atoms with Gasteiger partial charge in [0.05, 0.1) is 13.2 Å². The van der Waals surface area contributed by atoms with Gasteiger partial charge in [-0.05, 0) is 12.1 Å². The molecule has 0 spiro atoms. The zero-order valence-corrected chi connectivity index (χ0v) is 8.98. The van der Waals surface area contributed by atoms with Gasteiger partial charge >= 0.3 is 0 Å². The number of quaternary nitrogens is 1. The Bertz CT molecular complexity index is 450. The average molecular weight is 222 g/mol. The third-order valence-corrected chi connectivity index (χ3v) is 2.77. The maximum atomic E-state index is 10.9. The van der Waals surface area contributed by atoms with Gasteiger partial charge in [0.25, 0.3) is 5.84 Å². The molecule has 0 saturated heterocycles. The summed E-state index contributed by atoms with van der Waals surface area (Å²) in [6.45, 7) is 0. The number of carbonyl (C=O) groups excluding carboxylic acids is 1. The zero-order valence-electron chi connectivity index (χ0n) is 8.22. The molecule has 1 unspecified atom stereocenters. The number of likely N-dealkylation sites (N-methyl/N-ethyl adjacent to an activating group) is 1. The maximum absolute atomic E-state index is 10.9. The van der Waals surface area contributed by atoms with Crippen LogP contribution in [0.3, 0.4) is 0 Å². The number of benzene rings is 1. The van der Waals surface area contributed by atoms with E-state index in [1.807, 2.05) is 25.4 Å². The van der Waals surface area contributed by atoms with Crippen LogP contribution in [-0.2, 0) is 4.79 Å². The fourth-order valence-electron chi connectivity index (χ4n) is 1.55. The van der Waals surface area contributed by atoms with Crippen LogP contribution in [0.25, 0.3) is 0 Å². The van der Waals surface area contributed by atoms with Crippen LogP contribution in [0.2, 0.25) is 5.02 Å². The van der Waals surface area contributed by atoms with Crippen LogP contribution in [0.4, 0.5) is 5.69 Å². The molecule has 1 aliphatic heterocycles. The van der Waals surface area contributed by atoms with E-state index in [9.17, 15) is 4.79 Å². The maximum Gasteiger partial charge on any atom is 0.278 e. The van der Waals surface area contributed by atoms with E-state index in [2.05, 4.69) is 4.99 Å². The Morgan fingerprint density at radius 1 is 1.33 bits per heavy atom. The van der Waals surface area contributed by atoms with E-state index in [0.29, 0.717) is 15.3 Å². The van der Waals surface area contributed by atoms with Crippen molar-refractivity contribution in [1.82, 2.24) is 4.48 Å². The number of carbonyl (C=O) groups is 1. The predicted molar refractivity (Wildman–Crippen MR) is 61.8 cm³/mol. The Morgan fingerprint density at radius 3 is 2.60 bits per heavy atom. The number of amidine groups is 1. The van der Waals surface area contributed by atoms with Crippen molar-refractivity contribution in [2.24, 2.45) is 4.99 Å². The number of nitrogens with zero attached hydrogens (tertiary/aromatic N) is 2. The summed E-state index contributed by atoms with van der Waals surface area (Å²) in [5.74, 6) is 0.470. The summed E-state index contributed by atoms with van der Waals surface area (Å²) < 4.78 is 0.292. The highest BCUT2D eigenvalue weighted by Gasteiger charge is 2.32. The van der Waals surface area contributed by atoms with Crippen LogP contribution >= 0.6 is 11.6 Å². The van der Waals surface area contributed by atoms with Gasteiger partial charge in [0, 0.05) is 17.2 Å². The van der Waals surface area contributed by atoms with Crippen molar-refractivity contribution in [1.29, 1.82) is 0 Å². The number of halogens is 1. The van der Waals surface area contributed by atoms with Gasteiger partial charge in [-0.1, -0.05) is 11.6 Å². The summed E-state index contributed by atoms with van der Waals surface area (Å²) >= 11 is 5.81. The molecular formula is C11H10ClN2O+. The first-order chi connectivity index (χ1) is 7.16. The number of hydrogen-bond donors (Lipinski definition) is 0. The highest BCUT2D eigenvalue weighted by molar-refractivity contribution is 6.32. The Balaban J connectivity index is 2.46. The van der Waals surface area contributed by atoms with Crippen LogP contribution in [0.15, 0.2) is 41.7 Å². The molecule has 0 bridgehead atoms. The minimum Gasteiger partial charge on any atom is -0.290 e. The first kappa shape index (κ1) is 10.1. The lowest BCUT2D eigenvalue weighted by Crippen LogP contribution is -2.44. The summed E-state index contributed by atoms with van der Waals surface area (Å²) in [4.78, 5) is 14.9. The Morgan fingerprint density at radius 2 is 2.00 bits per heavy atom. The first-order valence-corrected chi connectivity index (χ1v) is 4.88. The van der Waals surface area contributed by atoms with E-state index in [0.717, 1.165) is 12.0 Å². The van der Waals surface area contributed by atoms with E-state index in [-0.39, 0.29) is 0 Å². The Labute approximate surface area is 92.9 Å². The molecule has 1 heterocycles. The molecule has 76 valence electrons. The SMILES string of the molecule is C[N+]1(c2ccc(Cl)cc2)C=CN=C1C=O. The van der Waals surface area contributed by atoms with Gasteiger partial charge in [-0.25, -0.2) is 4.48 Å². The summed E-state index contributed by atoms with van der Waals surface area (Å²) in [6, 6.07) is 7.37. The van der Waals surface area contributed by atoms with Crippen molar-refractivity contribution in [3.05, 3.63) is 41.7 Å². The third kappa shape index (κ3) is 1.60. The standard InChI is InChI=1S/C11H10ClN2O/c1-14(7-6-13-11(14)8-15)10-4-2-9(12)3-5-10/h2-8H,1H3/q+1. The molecule has 0 aliphatic carbocycles. The fraction of sp³-hybridized carbons (Fsp3) is 0.0909. The predicted octanol–water partition coefficient (Wildman–Crippen LogP) is 2.36.